The fourth-order valence-corrected chi connectivity index (χ4v) is 0.789. The molecular formula is C5H10ClF2N. The molecule has 0 spiro atoms. The van der Waals surface area contributed by atoms with E-state index in [0.717, 1.165) is 0 Å². The Bertz CT molecular complexity index is 71.4. The quantitative estimate of drug-likeness (QED) is 0.555. The zero-order valence-electron chi connectivity index (χ0n) is 4.94. The summed E-state index contributed by atoms with van der Waals surface area (Å²) in [5.41, 5.74) is 0. The Labute approximate surface area is 59.2 Å². The van der Waals surface area contributed by atoms with Gasteiger partial charge in [0.25, 0.3) is 0 Å². The molecule has 56 valence electrons. The summed E-state index contributed by atoms with van der Waals surface area (Å²) in [5.74, 6) is 0. The van der Waals surface area contributed by atoms with E-state index in [0.29, 0.717) is 13.0 Å². The van der Waals surface area contributed by atoms with Crippen LogP contribution < -0.4 is 5.32 Å². The van der Waals surface area contributed by atoms with Crippen LogP contribution in [0.1, 0.15) is 6.42 Å². The van der Waals surface area contributed by atoms with Crippen LogP contribution in [-0.2, 0) is 0 Å². The molecule has 1 aliphatic rings. The average molecular weight is 158 g/mol. The largest absolute Gasteiger partial charge is 0.314 e. The lowest BCUT2D eigenvalue weighted by atomic mass is 10.1. The van der Waals surface area contributed by atoms with Crippen LogP contribution in [0.2, 0.25) is 0 Å². The summed E-state index contributed by atoms with van der Waals surface area (Å²) in [6, 6.07) is 0. The van der Waals surface area contributed by atoms with E-state index in [-0.39, 0.29) is 19.0 Å². The third kappa shape index (κ3) is 2.45. The van der Waals surface area contributed by atoms with Gasteiger partial charge in [-0.25, -0.2) is 8.78 Å². The summed E-state index contributed by atoms with van der Waals surface area (Å²) in [6.07, 6.45) is -2.18. The Hall–Kier alpha value is 0.110. The highest BCUT2D eigenvalue weighted by Crippen LogP contribution is 2.10. The maximum absolute atomic E-state index is 12.2. The second kappa shape index (κ2) is 4.01. The maximum Gasteiger partial charge on any atom is 0.144 e. The molecule has 0 unspecified atom stereocenters. The van der Waals surface area contributed by atoms with Crippen molar-refractivity contribution < 1.29 is 8.78 Å². The van der Waals surface area contributed by atoms with Gasteiger partial charge in [-0.15, -0.1) is 12.4 Å². The predicted molar refractivity (Wildman–Crippen MR) is 34.5 cm³/mol. The van der Waals surface area contributed by atoms with Gasteiger partial charge < -0.3 is 5.32 Å². The minimum Gasteiger partial charge on any atom is -0.314 e. The van der Waals surface area contributed by atoms with Crippen molar-refractivity contribution in [2.24, 2.45) is 0 Å². The normalized spacial score (nSPS) is 35.3. The zero-order valence-corrected chi connectivity index (χ0v) is 5.76. The van der Waals surface area contributed by atoms with E-state index < -0.39 is 12.3 Å². The molecule has 1 rings (SSSR count). The summed E-state index contributed by atoms with van der Waals surface area (Å²) < 4.78 is 24.3. The topological polar surface area (TPSA) is 12.0 Å². The SMILES string of the molecule is Cl.F[C@@H]1CNCC[C@@H]1F. The fraction of sp³-hybridized carbons (Fsp3) is 1.00. The average Bonchev–Trinajstić information content (AvgIpc) is 1.77. The van der Waals surface area contributed by atoms with Crippen molar-refractivity contribution >= 4 is 12.4 Å². The van der Waals surface area contributed by atoms with Crippen LogP contribution in [-0.4, -0.2) is 25.4 Å². The Morgan fingerprint density at radius 1 is 1.22 bits per heavy atom. The van der Waals surface area contributed by atoms with Crippen molar-refractivity contribution in [1.82, 2.24) is 5.32 Å². The van der Waals surface area contributed by atoms with Gasteiger partial charge in [-0.1, -0.05) is 0 Å². The lowest BCUT2D eigenvalue weighted by Gasteiger charge is -2.19. The van der Waals surface area contributed by atoms with Gasteiger partial charge in [0, 0.05) is 6.54 Å². The highest BCUT2D eigenvalue weighted by Gasteiger charge is 2.22. The van der Waals surface area contributed by atoms with Crippen molar-refractivity contribution in [2.75, 3.05) is 13.1 Å². The predicted octanol–water partition coefficient (Wildman–Crippen LogP) is 1.08. The Kier molecular flexibility index (Phi) is 4.06. The molecule has 1 aliphatic heterocycles. The van der Waals surface area contributed by atoms with Crippen molar-refractivity contribution in [1.29, 1.82) is 0 Å². The lowest BCUT2D eigenvalue weighted by Crippen LogP contribution is -2.39. The molecule has 1 N–H and O–H groups in total. The minimum absolute atomic E-state index is 0. The van der Waals surface area contributed by atoms with Crippen LogP contribution >= 0.6 is 12.4 Å². The highest BCUT2D eigenvalue weighted by atomic mass is 35.5. The summed E-state index contributed by atoms with van der Waals surface area (Å²) in [5, 5.41) is 2.75. The molecule has 0 radical (unpaired) electrons. The summed E-state index contributed by atoms with van der Waals surface area (Å²) in [7, 11) is 0. The highest BCUT2D eigenvalue weighted by molar-refractivity contribution is 5.85. The Morgan fingerprint density at radius 3 is 2.22 bits per heavy atom. The summed E-state index contributed by atoms with van der Waals surface area (Å²) in [6.45, 7) is 0.794. The lowest BCUT2D eigenvalue weighted by molar-refractivity contribution is 0.131. The number of halogens is 3. The van der Waals surface area contributed by atoms with Crippen LogP contribution in [0.15, 0.2) is 0 Å². The van der Waals surface area contributed by atoms with E-state index in [9.17, 15) is 8.78 Å². The molecular weight excluding hydrogens is 148 g/mol. The second-order valence-corrected chi connectivity index (χ2v) is 2.02. The van der Waals surface area contributed by atoms with Crippen molar-refractivity contribution in [2.45, 2.75) is 18.8 Å². The molecule has 1 saturated heterocycles. The molecule has 2 atom stereocenters. The van der Waals surface area contributed by atoms with Gasteiger partial charge in [0.1, 0.15) is 12.3 Å². The number of hydrogen-bond acceptors (Lipinski definition) is 1. The van der Waals surface area contributed by atoms with Crippen LogP contribution in [0.3, 0.4) is 0 Å². The van der Waals surface area contributed by atoms with Crippen molar-refractivity contribution in [3.8, 4) is 0 Å². The summed E-state index contributed by atoms with van der Waals surface area (Å²) in [4.78, 5) is 0. The van der Waals surface area contributed by atoms with Crippen LogP contribution in [0.4, 0.5) is 8.78 Å². The van der Waals surface area contributed by atoms with E-state index in [2.05, 4.69) is 5.32 Å². The molecule has 0 aromatic rings. The van der Waals surface area contributed by atoms with Crippen LogP contribution in [0, 0.1) is 0 Å². The van der Waals surface area contributed by atoms with E-state index in [4.69, 9.17) is 0 Å². The van der Waals surface area contributed by atoms with Gasteiger partial charge >= 0.3 is 0 Å². The molecule has 0 aliphatic carbocycles. The van der Waals surface area contributed by atoms with Crippen LogP contribution in [0.25, 0.3) is 0 Å². The molecule has 1 heterocycles. The first-order chi connectivity index (χ1) is 3.80. The first-order valence-electron chi connectivity index (χ1n) is 2.79. The van der Waals surface area contributed by atoms with E-state index >= 15 is 0 Å². The van der Waals surface area contributed by atoms with E-state index in [1.54, 1.807) is 0 Å². The standard InChI is InChI=1S/C5H9F2N.ClH/c6-4-1-2-8-3-5(4)7;/h4-5,8H,1-3H2;1H/t4-,5+;/m0./s1. The molecule has 0 aromatic heterocycles. The van der Waals surface area contributed by atoms with Gasteiger partial charge in [-0.3, -0.25) is 0 Å². The molecule has 9 heavy (non-hydrogen) atoms. The van der Waals surface area contributed by atoms with Gasteiger partial charge in [-0.2, -0.15) is 0 Å². The molecule has 0 aromatic carbocycles. The number of nitrogens with one attached hydrogen (secondary N) is 1. The number of hydrogen-bond donors (Lipinski definition) is 1. The molecule has 0 amide bonds. The smallest absolute Gasteiger partial charge is 0.144 e. The number of alkyl halides is 2. The van der Waals surface area contributed by atoms with Gasteiger partial charge in [0.2, 0.25) is 0 Å². The van der Waals surface area contributed by atoms with E-state index in [1.165, 1.54) is 0 Å². The third-order valence-corrected chi connectivity index (χ3v) is 1.33. The molecule has 1 nitrogen and oxygen atoms in total. The first-order valence-corrected chi connectivity index (χ1v) is 2.79. The van der Waals surface area contributed by atoms with Crippen LogP contribution in [0.5, 0.6) is 0 Å². The van der Waals surface area contributed by atoms with Gasteiger partial charge in [-0.05, 0) is 13.0 Å². The Balaban J connectivity index is 0.000000640. The van der Waals surface area contributed by atoms with E-state index in [1.807, 2.05) is 0 Å². The number of piperidine rings is 1. The van der Waals surface area contributed by atoms with Crippen molar-refractivity contribution in [3.63, 3.8) is 0 Å². The summed E-state index contributed by atoms with van der Waals surface area (Å²) >= 11 is 0. The molecule has 4 heteroatoms. The third-order valence-electron chi connectivity index (χ3n) is 1.33. The van der Waals surface area contributed by atoms with Gasteiger partial charge in [0.15, 0.2) is 0 Å². The molecule has 1 fully saturated rings. The Morgan fingerprint density at radius 2 is 1.89 bits per heavy atom. The maximum atomic E-state index is 12.2. The molecule has 0 saturated carbocycles. The minimum atomic E-state index is -1.27. The first kappa shape index (κ1) is 9.11. The monoisotopic (exact) mass is 157 g/mol. The van der Waals surface area contributed by atoms with Gasteiger partial charge in [0.05, 0.1) is 0 Å². The zero-order chi connectivity index (χ0) is 5.98. The fourth-order valence-electron chi connectivity index (χ4n) is 0.789. The molecule has 0 bridgehead atoms. The number of rotatable bonds is 0. The second-order valence-electron chi connectivity index (χ2n) is 2.02. The van der Waals surface area contributed by atoms with Crippen molar-refractivity contribution in [3.05, 3.63) is 0 Å².